The van der Waals surface area contributed by atoms with Gasteiger partial charge < -0.3 is 9.47 Å². The van der Waals surface area contributed by atoms with E-state index >= 15 is 0 Å². The number of hydrogen-bond donors (Lipinski definition) is 0. The fourth-order valence-corrected chi connectivity index (χ4v) is 1.92. The molecule has 0 fully saturated rings. The van der Waals surface area contributed by atoms with Crippen molar-refractivity contribution in [1.29, 1.82) is 0 Å². The largest absolute Gasteiger partial charge is 0.494 e. The molecule has 0 bridgehead atoms. The van der Waals surface area contributed by atoms with Gasteiger partial charge in [0.25, 0.3) is 0 Å². The SMILES string of the molecule is CCOC(=O)CCCCCOc1ccc(C(C)C)cc1. The van der Waals surface area contributed by atoms with Crippen molar-refractivity contribution >= 4 is 5.97 Å². The molecule has 0 aliphatic rings. The summed E-state index contributed by atoms with van der Waals surface area (Å²) in [7, 11) is 0. The summed E-state index contributed by atoms with van der Waals surface area (Å²) in [5.41, 5.74) is 1.33. The molecule has 0 N–H and O–H groups in total. The Labute approximate surface area is 122 Å². The first-order valence-corrected chi connectivity index (χ1v) is 7.52. The van der Waals surface area contributed by atoms with Gasteiger partial charge >= 0.3 is 5.97 Å². The zero-order valence-corrected chi connectivity index (χ0v) is 12.9. The molecule has 0 saturated carbocycles. The second-order valence-electron chi connectivity index (χ2n) is 5.19. The molecule has 0 unspecified atom stereocenters. The van der Waals surface area contributed by atoms with E-state index in [0.29, 0.717) is 25.6 Å². The molecule has 1 rings (SSSR count). The monoisotopic (exact) mass is 278 g/mol. The highest BCUT2D eigenvalue weighted by atomic mass is 16.5. The van der Waals surface area contributed by atoms with Gasteiger partial charge in [0.15, 0.2) is 0 Å². The van der Waals surface area contributed by atoms with Gasteiger partial charge in [0.05, 0.1) is 13.2 Å². The fraction of sp³-hybridized carbons (Fsp3) is 0.588. The highest BCUT2D eigenvalue weighted by Gasteiger charge is 2.01. The predicted molar refractivity (Wildman–Crippen MR) is 81.1 cm³/mol. The molecule has 1 aromatic rings. The van der Waals surface area contributed by atoms with Crippen LogP contribution in [0.15, 0.2) is 24.3 Å². The van der Waals surface area contributed by atoms with Gasteiger partial charge in [0.1, 0.15) is 5.75 Å². The number of benzene rings is 1. The van der Waals surface area contributed by atoms with Crippen LogP contribution in [0.3, 0.4) is 0 Å². The van der Waals surface area contributed by atoms with Crippen LogP contribution >= 0.6 is 0 Å². The molecule has 0 aromatic heterocycles. The van der Waals surface area contributed by atoms with Crippen LogP contribution < -0.4 is 4.74 Å². The summed E-state index contributed by atoms with van der Waals surface area (Å²) >= 11 is 0. The minimum absolute atomic E-state index is 0.0994. The Morgan fingerprint density at radius 2 is 1.80 bits per heavy atom. The zero-order chi connectivity index (χ0) is 14.8. The fourth-order valence-electron chi connectivity index (χ4n) is 1.92. The summed E-state index contributed by atoms with van der Waals surface area (Å²) in [6.07, 6.45) is 3.33. The van der Waals surface area contributed by atoms with Crippen molar-refractivity contribution in [2.24, 2.45) is 0 Å². The number of ether oxygens (including phenoxy) is 2. The van der Waals surface area contributed by atoms with Crippen molar-refractivity contribution in [3.8, 4) is 5.75 Å². The van der Waals surface area contributed by atoms with Crippen molar-refractivity contribution in [2.45, 2.75) is 52.4 Å². The lowest BCUT2D eigenvalue weighted by atomic mass is 10.0. The van der Waals surface area contributed by atoms with E-state index in [-0.39, 0.29) is 5.97 Å². The van der Waals surface area contributed by atoms with Gasteiger partial charge in [0.2, 0.25) is 0 Å². The van der Waals surface area contributed by atoms with Crippen molar-refractivity contribution in [3.05, 3.63) is 29.8 Å². The zero-order valence-electron chi connectivity index (χ0n) is 12.9. The van der Waals surface area contributed by atoms with E-state index in [1.165, 1.54) is 5.56 Å². The van der Waals surface area contributed by atoms with Gasteiger partial charge in [-0.15, -0.1) is 0 Å². The van der Waals surface area contributed by atoms with Gasteiger partial charge in [-0.2, -0.15) is 0 Å². The molecule has 3 nitrogen and oxygen atoms in total. The standard InChI is InChI=1S/C17H26O3/c1-4-19-17(18)8-6-5-7-13-20-16-11-9-15(10-12-16)14(2)3/h9-12,14H,4-8,13H2,1-3H3. The van der Waals surface area contributed by atoms with Crippen LogP contribution in [0.4, 0.5) is 0 Å². The van der Waals surface area contributed by atoms with Crippen LogP contribution in [-0.4, -0.2) is 19.2 Å². The third kappa shape index (κ3) is 6.60. The maximum atomic E-state index is 11.1. The predicted octanol–water partition coefficient (Wildman–Crippen LogP) is 4.31. The number of rotatable bonds is 9. The van der Waals surface area contributed by atoms with Crippen molar-refractivity contribution in [1.82, 2.24) is 0 Å². The molecule has 0 radical (unpaired) electrons. The Kier molecular flexibility index (Phi) is 7.78. The minimum Gasteiger partial charge on any atom is -0.494 e. The summed E-state index contributed by atoms with van der Waals surface area (Å²) in [6, 6.07) is 8.27. The molecule has 0 heterocycles. The Morgan fingerprint density at radius 3 is 2.40 bits per heavy atom. The van der Waals surface area contributed by atoms with E-state index in [2.05, 4.69) is 26.0 Å². The maximum absolute atomic E-state index is 11.1. The van der Waals surface area contributed by atoms with Gasteiger partial charge in [0, 0.05) is 6.42 Å². The van der Waals surface area contributed by atoms with Crippen LogP contribution in [0, 0.1) is 0 Å². The topological polar surface area (TPSA) is 35.5 Å². The van der Waals surface area contributed by atoms with E-state index in [9.17, 15) is 4.79 Å². The highest BCUT2D eigenvalue weighted by Crippen LogP contribution is 2.18. The van der Waals surface area contributed by atoms with Crippen LogP contribution in [0.5, 0.6) is 5.75 Å². The van der Waals surface area contributed by atoms with Crippen LogP contribution in [0.25, 0.3) is 0 Å². The van der Waals surface area contributed by atoms with E-state index < -0.39 is 0 Å². The molecule has 0 aliphatic carbocycles. The molecule has 3 heteroatoms. The number of carbonyl (C=O) groups excluding carboxylic acids is 1. The summed E-state index contributed by atoms with van der Waals surface area (Å²) < 4.78 is 10.6. The normalized spacial score (nSPS) is 10.6. The first-order valence-electron chi connectivity index (χ1n) is 7.52. The lowest BCUT2D eigenvalue weighted by molar-refractivity contribution is -0.143. The molecule has 0 spiro atoms. The molecule has 0 saturated heterocycles. The Balaban J connectivity index is 2.10. The van der Waals surface area contributed by atoms with Crippen molar-refractivity contribution < 1.29 is 14.3 Å². The summed E-state index contributed by atoms with van der Waals surface area (Å²) in [5.74, 6) is 1.37. The molecule has 112 valence electrons. The van der Waals surface area contributed by atoms with E-state index in [4.69, 9.17) is 9.47 Å². The maximum Gasteiger partial charge on any atom is 0.305 e. The Bertz CT molecular complexity index is 382. The van der Waals surface area contributed by atoms with Crippen molar-refractivity contribution in [3.63, 3.8) is 0 Å². The van der Waals surface area contributed by atoms with Crippen molar-refractivity contribution in [2.75, 3.05) is 13.2 Å². The Morgan fingerprint density at radius 1 is 1.10 bits per heavy atom. The third-order valence-corrected chi connectivity index (χ3v) is 3.15. The molecular formula is C17H26O3. The number of unbranched alkanes of at least 4 members (excludes halogenated alkanes) is 2. The van der Waals surface area contributed by atoms with E-state index in [1.807, 2.05) is 19.1 Å². The number of carbonyl (C=O) groups is 1. The molecule has 1 aromatic carbocycles. The summed E-state index contributed by atoms with van der Waals surface area (Å²) in [5, 5.41) is 0. The summed E-state index contributed by atoms with van der Waals surface area (Å²) in [6.45, 7) is 7.35. The second kappa shape index (κ2) is 9.40. The molecular weight excluding hydrogens is 252 g/mol. The number of hydrogen-bond acceptors (Lipinski definition) is 3. The van der Waals surface area contributed by atoms with Gasteiger partial charge in [-0.3, -0.25) is 4.79 Å². The van der Waals surface area contributed by atoms with E-state index in [0.717, 1.165) is 25.0 Å². The van der Waals surface area contributed by atoms with Gasteiger partial charge in [-0.1, -0.05) is 26.0 Å². The average molecular weight is 278 g/mol. The number of esters is 1. The lowest BCUT2D eigenvalue weighted by Crippen LogP contribution is -2.04. The van der Waals surface area contributed by atoms with Crippen LogP contribution in [0.2, 0.25) is 0 Å². The minimum atomic E-state index is -0.0994. The molecule has 20 heavy (non-hydrogen) atoms. The van der Waals surface area contributed by atoms with E-state index in [1.54, 1.807) is 0 Å². The van der Waals surface area contributed by atoms with Crippen LogP contribution in [-0.2, 0) is 9.53 Å². The highest BCUT2D eigenvalue weighted by molar-refractivity contribution is 5.69. The molecule has 0 amide bonds. The smallest absolute Gasteiger partial charge is 0.305 e. The lowest BCUT2D eigenvalue weighted by Gasteiger charge is -2.09. The van der Waals surface area contributed by atoms with Gasteiger partial charge in [-0.05, 0) is 49.8 Å². The average Bonchev–Trinajstić information content (AvgIpc) is 2.43. The second-order valence-corrected chi connectivity index (χ2v) is 5.19. The quantitative estimate of drug-likeness (QED) is 0.498. The van der Waals surface area contributed by atoms with Crippen LogP contribution in [0.1, 0.15) is 57.9 Å². The molecule has 0 atom stereocenters. The summed E-state index contributed by atoms with van der Waals surface area (Å²) in [4.78, 5) is 11.1. The first kappa shape index (κ1) is 16.5. The third-order valence-electron chi connectivity index (χ3n) is 3.15. The van der Waals surface area contributed by atoms with Gasteiger partial charge in [-0.25, -0.2) is 0 Å². The first-order chi connectivity index (χ1) is 9.63. The Hall–Kier alpha value is -1.51. The molecule has 0 aliphatic heterocycles.